The van der Waals surface area contributed by atoms with E-state index in [0.29, 0.717) is 36.1 Å². The van der Waals surface area contributed by atoms with E-state index in [4.69, 9.17) is 9.47 Å². The molecule has 6 rings (SSSR count). The van der Waals surface area contributed by atoms with E-state index in [2.05, 4.69) is 15.0 Å². The maximum Gasteiger partial charge on any atom is 0.335 e. The van der Waals surface area contributed by atoms with E-state index in [0.717, 1.165) is 23.8 Å². The zero-order chi connectivity index (χ0) is 38.6. The molecule has 282 valence electrons. The molecule has 0 aliphatic heterocycles. The Hall–Kier alpha value is -5.90. The van der Waals surface area contributed by atoms with Crippen LogP contribution >= 0.6 is 0 Å². The molecule has 3 aromatic carbocycles. The molecule has 0 bridgehead atoms. The molecular formula is C38H37F2N5O8S. The molecule has 2 heterocycles. The topological polar surface area (TPSA) is 168 Å². The Kier molecular flexibility index (Phi) is 11.2. The fraction of sp³-hybridized carbons (Fsp3) is 0.289. The number of para-hydroxylation sites is 1. The highest BCUT2D eigenvalue weighted by atomic mass is 32.2. The third-order valence-corrected chi connectivity index (χ3v) is 10.5. The number of ether oxygens (including phenoxy) is 2. The number of esters is 1. The third kappa shape index (κ3) is 8.02. The lowest BCUT2D eigenvalue weighted by molar-refractivity contribution is -0.152. The van der Waals surface area contributed by atoms with Crippen LogP contribution in [0.3, 0.4) is 0 Å². The average molecular weight is 762 g/mol. The van der Waals surface area contributed by atoms with Crippen LogP contribution in [0.2, 0.25) is 0 Å². The average Bonchev–Trinajstić information content (AvgIpc) is 3.14. The van der Waals surface area contributed by atoms with Crippen molar-refractivity contribution < 1.29 is 36.3 Å². The van der Waals surface area contributed by atoms with E-state index in [1.54, 1.807) is 25.1 Å². The maximum atomic E-state index is 15.5. The smallest absolute Gasteiger partial charge is 0.335 e. The number of rotatable bonds is 12. The molecule has 0 spiro atoms. The van der Waals surface area contributed by atoms with Crippen LogP contribution in [0.4, 0.5) is 14.5 Å². The molecule has 2 N–H and O–H groups in total. The van der Waals surface area contributed by atoms with Crippen molar-refractivity contribution in [2.24, 2.45) is 7.05 Å². The van der Waals surface area contributed by atoms with Gasteiger partial charge in [-0.25, -0.2) is 31.4 Å². The summed E-state index contributed by atoms with van der Waals surface area (Å²) in [6.07, 6.45) is 6.25. The SMILES string of the molecule is CCOc1ccccc1S(=O)(=O)Nc1cc(F)c(C(=O)N[C@@H](Cc2ccc(-n3c(=O)c4ccncc4n(C)c3=O)cc2)C(=O)OC2CCCCC2)c(F)c1. The number of benzene rings is 3. The third-order valence-electron chi connectivity index (χ3n) is 9.09. The molecule has 1 atom stereocenters. The standard InChI is InChI=1S/C38H37F2N5O8S/c1-3-52-32-11-7-8-12-33(32)54(50,51)43-24-20-28(39)34(29(40)21-24)35(46)42-30(37(48)53-26-9-5-4-6-10-26)19-23-13-15-25(16-14-23)45-36(47)27-17-18-41-22-31(27)44(2)38(45)49/h7-8,11-18,20-22,26,30,43H,3-6,9-10,19H2,1-2H3,(H,42,46)/t30-/m0/s1. The molecule has 2 aromatic heterocycles. The highest BCUT2D eigenvalue weighted by molar-refractivity contribution is 7.92. The van der Waals surface area contributed by atoms with Crippen LogP contribution in [-0.4, -0.2) is 53.2 Å². The van der Waals surface area contributed by atoms with E-state index >= 15 is 8.78 Å². The summed E-state index contributed by atoms with van der Waals surface area (Å²) >= 11 is 0. The summed E-state index contributed by atoms with van der Waals surface area (Å²) in [5.74, 6) is -4.82. The number of halogens is 2. The van der Waals surface area contributed by atoms with Gasteiger partial charge in [-0.05, 0) is 80.6 Å². The van der Waals surface area contributed by atoms with E-state index < -0.39 is 68.2 Å². The van der Waals surface area contributed by atoms with Crippen LogP contribution < -0.4 is 26.0 Å². The van der Waals surface area contributed by atoms with E-state index in [9.17, 15) is 27.6 Å². The molecule has 54 heavy (non-hydrogen) atoms. The van der Waals surface area contributed by atoms with Crippen LogP contribution in [0.1, 0.15) is 54.9 Å². The van der Waals surface area contributed by atoms with Gasteiger partial charge in [0.2, 0.25) is 0 Å². The summed E-state index contributed by atoms with van der Waals surface area (Å²) in [6, 6.07) is 13.3. The molecule has 13 nitrogen and oxygen atoms in total. The molecule has 1 aliphatic rings. The molecule has 0 saturated heterocycles. The second kappa shape index (κ2) is 16.0. The molecular weight excluding hydrogens is 725 g/mol. The number of nitrogens with one attached hydrogen (secondary N) is 2. The van der Waals surface area contributed by atoms with Gasteiger partial charge in [0.05, 0.1) is 35.1 Å². The van der Waals surface area contributed by atoms with Gasteiger partial charge in [-0.15, -0.1) is 0 Å². The zero-order valence-electron chi connectivity index (χ0n) is 29.4. The number of aromatic nitrogens is 3. The lowest BCUT2D eigenvalue weighted by Crippen LogP contribution is -2.45. The first-order chi connectivity index (χ1) is 25.9. The number of nitrogens with zero attached hydrogens (tertiary/aromatic N) is 3. The largest absolute Gasteiger partial charge is 0.492 e. The number of hydrogen-bond acceptors (Lipinski definition) is 9. The quantitative estimate of drug-likeness (QED) is 0.170. The van der Waals surface area contributed by atoms with Crippen LogP contribution in [0.25, 0.3) is 16.6 Å². The molecule has 1 aliphatic carbocycles. The Morgan fingerprint density at radius 2 is 1.67 bits per heavy atom. The summed E-state index contributed by atoms with van der Waals surface area (Å²) in [4.78, 5) is 57.1. The van der Waals surface area contributed by atoms with Gasteiger partial charge in [0.25, 0.3) is 21.5 Å². The first-order valence-electron chi connectivity index (χ1n) is 17.3. The minimum Gasteiger partial charge on any atom is -0.492 e. The molecule has 16 heteroatoms. The van der Waals surface area contributed by atoms with Crippen molar-refractivity contribution in [3.05, 3.63) is 123 Å². The molecule has 0 unspecified atom stereocenters. The Labute approximate surface area is 308 Å². The number of sulfonamides is 1. The minimum atomic E-state index is -4.36. The molecule has 5 aromatic rings. The van der Waals surface area contributed by atoms with Gasteiger partial charge in [0, 0.05) is 19.7 Å². The Morgan fingerprint density at radius 1 is 0.981 bits per heavy atom. The number of carbonyl (C=O) groups excluding carboxylic acids is 2. The van der Waals surface area contributed by atoms with Crippen LogP contribution in [0.15, 0.2) is 93.6 Å². The van der Waals surface area contributed by atoms with Gasteiger partial charge in [-0.1, -0.05) is 30.7 Å². The van der Waals surface area contributed by atoms with Crippen molar-refractivity contribution in [1.29, 1.82) is 0 Å². The highest BCUT2D eigenvalue weighted by Crippen LogP contribution is 2.28. The number of anilines is 1. The van der Waals surface area contributed by atoms with Crippen molar-refractivity contribution in [2.75, 3.05) is 11.3 Å². The van der Waals surface area contributed by atoms with Crippen molar-refractivity contribution in [3.63, 3.8) is 0 Å². The lowest BCUT2D eigenvalue weighted by atomic mass is 9.97. The van der Waals surface area contributed by atoms with Crippen LogP contribution in [0.5, 0.6) is 5.75 Å². The van der Waals surface area contributed by atoms with Crippen molar-refractivity contribution in [2.45, 2.75) is 62.5 Å². The predicted octanol–water partition coefficient (Wildman–Crippen LogP) is 4.78. The van der Waals surface area contributed by atoms with E-state index in [-0.39, 0.29) is 34.7 Å². The fourth-order valence-electron chi connectivity index (χ4n) is 6.40. The number of amides is 1. The number of pyridine rings is 1. The minimum absolute atomic E-state index is 0.0369. The summed E-state index contributed by atoms with van der Waals surface area (Å²) in [7, 11) is -2.84. The fourth-order valence-corrected chi connectivity index (χ4v) is 7.59. The Balaban J connectivity index is 1.25. The lowest BCUT2D eigenvalue weighted by Gasteiger charge is -2.25. The van der Waals surface area contributed by atoms with Gasteiger partial charge in [-0.2, -0.15) is 0 Å². The van der Waals surface area contributed by atoms with Gasteiger partial charge in [0.15, 0.2) is 0 Å². The number of aryl methyl sites for hydroxylation is 1. The number of hydrogen-bond donors (Lipinski definition) is 2. The van der Waals surface area contributed by atoms with Gasteiger partial charge < -0.3 is 14.8 Å². The van der Waals surface area contributed by atoms with Crippen molar-refractivity contribution >= 4 is 38.5 Å². The highest BCUT2D eigenvalue weighted by Gasteiger charge is 2.30. The normalized spacial score (nSPS) is 14.0. The van der Waals surface area contributed by atoms with E-state index in [1.165, 1.54) is 60.4 Å². The zero-order valence-corrected chi connectivity index (χ0v) is 30.2. The van der Waals surface area contributed by atoms with Crippen LogP contribution in [0, 0.1) is 11.6 Å². The summed E-state index contributed by atoms with van der Waals surface area (Å²) in [5, 5.41) is 2.68. The summed E-state index contributed by atoms with van der Waals surface area (Å²) in [6.45, 7) is 1.84. The second-order valence-corrected chi connectivity index (χ2v) is 14.4. The molecule has 1 fully saturated rings. The predicted molar refractivity (Wildman–Crippen MR) is 195 cm³/mol. The second-order valence-electron chi connectivity index (χ2n) is 12.8. The Morgan fingerprint density at radius 3 is 2.35 bits per heavy atom. The van der Waals surface area contributed by atoms with Crippen molar-refractivity contribution in [3.8, 4) is 11.4 Å². The summed E-state index contributed by atoms with van der Waals surface area (Å²) in [5.41, 5.74) is -1.61. The monoisotopic (exact) mass is 761 g/mol. The molecule has 0 radical (unpaired) electrons. The first-order valence-corrected chi connectivity index (χ1v) is 18.8. The summed E-state index contributed by atoms with van der Waals surface area (Å²) < 4.78 is 72.6. The van der Waals surface area contributed by atoms with Crippen LogP contribution in [-0.2, 0) is 33.0 Å². The molecule has 1 amide bonds. The van der Waals surface area contributed by atoms with Gasteiger partial charge in [-0.3, -0.25) is 23.9 Å². The maximum absolute atomic E-state index is 15.5. The number of carbonyl (C=O) groups is 2. The van der Waals surface area contributed by atoms with Gasteiger partial charge >= 0.3 is 11.7 Å². The Bertz CT molecular complexity index is 2420. The van der Waals surface area contributed by atoms with Crippen molar-refractivity contribution in [1.82, 2.24) is 19.4 Å². The van der Waals surface area contributed by atoms with Gasteiger partial charge in [0.1, 0.15) is 40.0 Å². The number of fused-ring (bicyclic) bond motifs is 1. The van der Waals surface area contributed by atoms with E-state index in [1.807, 2.05) is 0 Å². The molecule has 1 saturated carbocycles. The first kappa shape index (κ1) is 37.8.